The molecule has 1 aliphatic rings. The maximum atomic E-state index is 11.9. The van der Waals surface area contributed by atoms with Gasteiger partial charge < -0.3 is 10.2 Å². The van der Waals surface area contributed by atoms with Gasteiger partial charge in [0.25, 0.3) is 0 Å². The van der Waals surface area contributed by atoms with E-state index in [0.29, 0.717) is 18.4 Å². The summed E-state index contributed by atoms with van der Waals surface area (Å²) in [5, 5.41) is 3.47. The molecule has 3 heteroatoms. The van der Waals surface area contributed by atoms with Crippen molar-refractivity contribution in [3.05, 3.63) is 0 Å². The zero-order valence-corrected chi connectivity index (χ0v) is 10.8. The first-order chi connectivity index (χ1) is 7.77. The molecule has 1 amide bonds. The molecule has 1 unspecified atom stereocenters. The van der Waals surface area contributed by atoms with Crippen LogP contribution in [0.25, 0.3) is 0 Å². The molecule has 16 heavy (non-hydrogen) atoms. The number of rotatable bonds is 7. The topological polar surface area (TPSA) is 32.3 Å². The van der Waals surface area contributed by atoms with Crippen molar-refractivity contribution < 1.29 is 4.79 Å². The van der Waals surface area contributed by atoms with E-state index in [9.17, 15) is 4.79 Å². The van der Waals surface area contributed by atoms with Crippen molar-refractivity contribution in [3.63, 3.8) is 0 Å². The zero-order valence-electron chi connectivity index (χ0n) is 10.8. The number of hydrogen-bond acceptors (Lipinski definition) is 2. The Hall–Kier alpha value is -0.570. The third-order valence-electron chi connectivity index (χ3n) is 3.20. The van der Waals surface area contributed by atoms with Crippen molar-refractivity contribution in [2.75, 3.05) is 19.6 Å². The van der Waals surface area contributed by atoms with Gasteiger partial charge in [-0.05, 0) is 32.2 Å². The van der Waals surface area contributed by atoms with Crippen LogP contribution in [-0.4, -0.2) is 36.5 Å². The predicted molar refractivity (Wildman–Crippen MR) is 67.4 cm³/mol. The Morgan fingerprint density at radius 1 is 1.38 bits per heavy atom. The molecule has 0 aromatic rings. The van der Waals surface area contributed by atoms with E-state index in [1.54, 1.807) is 0 Å². The molecule has 3 nitrogen and oxygen atoms in total. The Labute approximate surface area is 99.6 Å². The van der Waals surface area contributed by atoms with Crippen molar-refractivity contribution in [2.45, 2.75) is 58.4 Å². The third kappa shape index (κ3) is 4.52. The number of carbonyl (C=O) groups is 1. The van der Waals surface area contributed by atoms with E-state index in [2.05, 4.69) is 24.1 Å². The minimum absolute atomic E-state index is 0.338. The Balaban J connectivity index is 2.38. The molecular weight excluding hydrogens is 200 g/mol. The molecule has 0 aromatic heterocycles. The first kappa shape index (κ1) is 13.5. The highest BCUT2D eigenvalue weighted by molar-refractivity contribution is 5.76. The van der Waals surface area contributed by atoms with E-state index in [1.807, 2.05) is 0 Å². The van der Waals surface area contributed by atoms with Crippen molar-refractivity contribution in [2.24, 2.45) is 0 Å². The van der Waals surface area contributed by atoms with Crippen LogP contribution in [0.1, 0.15) is 52.4 Å². The molecule has 94 valence electrons. The molecule has 1 aliphatic heterocycles. The summed E-state index contributed by atoms with van der Waals surface area (Å²) in [5.41, 5.74) is 0. The van der Waals surface area contributed by atoms with Gasteiger partial charge in [0.1, 0.15) is 0 Å². The second-order valence-electron chi connectivity index (χ2n) is 4.74. The normalized spacial score (nSPS) is 20.0. The fraction of sp³-hybridized carbons (Fsp3) is 0.923. The summed E-state index contributed by atoms with van der Waals surface area (Å²) in [7, 11) is 0. The second kappa shape index (κ2) is 7.66. The van der Waals surface area contributed by atoms with Crippen LogP contribution < -0.4 is 5.32 Å². The highest BCUT2D eigenvalue weighted by Gasteiger charge is 2.20. The molecule has 1 fully saturated rings. The first-order valence-corrected chi connectivity index (χ1v) is 6.79. The van der Waals surface area contributed by atoms with Gasteiger partial charge in [0.05, 0.1) is 0 Å². The van der Waals surface area contributed by atoms with Gasteiger partial charge in [-0.25, -0.2) is 0 Å². The van der Waals surface area contributed by atoms with E-state index in [4.69, 9.17) is 0 Å². The molecule has 0 aliphatic carbocycles. The van der Waals surface area contributed by atoms with Gasteiger partial charge in [-0.2, -0.15) is 0 Å². The lowest BCUT2D eigenvalue weighted by Crippen LogP contribution is -2.41. The Kier molecular flexibility index (Phi) is 6.46. The summed E-state index contributed by atoms with van der Waals surface area (Å²) in [6, 6.07) is 0.540. The van der Waals surface area contributed by atoms with Gasteiger partial charge in [0.15, 0.2) is 0 Å². The number of amides is 1. The fourth-order valence-electron chi connectivity index (χ4n) is 2.22. The van der Waals surface area contributed by atoms with E-state index in [0.717, 1.165) is 38.9 Å². The smallest absolute Gasteiger partial charge is 0.222 e. The van der Waals surface area contributed by atoms with Crippen LogP contribution in [0, 0.1) is 0 Å². The number of unbranched alkanes of at least 4 members (excludes halogenated alkanes) is 1. The predicted octanol–water partition coefficient (Wildman–Crippen LogP) is 2.17. The minimum atomic E-state index is 0.338. The zero-order chi connectivity index (χ0) is 11.8. The SMILES string of the molecule is CCCCN(CC1CCCN1)C(=O)CCC. The summed E-state index contributed by atoms with van der Waals surface area (Å²) in [5.74, 6) is 0.338. The van der Waals surface area contributed by atoms with Gasteiger partial charge in [-0.15, -0.1) is 0 Å². The minimum Gasteiger partial charge on any atom is -0.341 e. The second-order valence-corrected chi connectivity index (χ2v) is 4.74. The molecule has 1 saturated heterocycles. The summed E-state index contributed by atoms with van der Waals surface area (Å²) >= 11 is 0. The molecule has 0 saturated carbocycles. The van der Waals surface area contributed by atoms with E-state index < -0.39 is 0 Å². The van der Waals surface area contributed by atoms with E-state index >= 15 is 0 Å². The van der Waals surface area contributed by atoms with Crippen molar-refractivity contribution in [1.82, 2.24) is 10.2 Å². The largest absolute Gasteiger partial charge is 0.341 e. The van der Waals surface area contributed by atoms with E-state index in [1.165, 1.54) is 12.8 Å². The molecule has 0 aromatic carbocycles. The summed E-state index contributed by atoms with van der Waals surface area (Å²) < 4.78 is 0. The lowest BCUT2D eigenvalue weighted by Gasteiger charge is -2.25. The highest BCUT2D eigenvalue weighted by Crippen LogP contribution is 2.09. The molecule has 1 atom stereocenters. The third-order valence-corrected chi connectivity index (χ3v) is 3.20. The van der Waals surface area contributed by atoms with Crippen LogP contribution >= 0.6 is 0 Å². The van der Waals surface area contributed by atoms with E-state index in [-0.39, 0.29) is 0 Å². The molecule has 0 bridgehead atoms. The lowest BCUT2D eigenvalue weighted by atomic mass is 10.2. The van der Waals surface area contributed by atoms with Crippen LogP contribution in [0.3, 0.4) is 0 Å². The quantitative estimate of drug-likeness (QED) is 0.721. The van der Waals surface area contributed by atoms with Crippen LogP contribution in [-0.2, 0) is 4.79 Å². The van der Waals surface area contributed by atoms with Crippen molar-refractivity contribution in [1.29, 1.82) is 0 Å². The van der Waals surface area contributed by atoms with Crippen molar-refractivity contribution >= 4 is 5.91 Å². The molecular formula is C13H26N2O. The van der Waals surface area contributed by atoms with Crippen LogP contribution in [0.4, 0.5) is 0 Å². The Bertz CT molecular complexity index is 200. The lowest BCUT2D eigenvalue weighted by molar-refractivity contribution is -0.131. The van der Waals surface area contributed by atoms with Gasteiger partial charge in [0.2, 0.25) is 5.91 Å². The Morgan fingerprint density at radius 2 is 2.19 bits per heavy atom. The fourth-order valence-corrected chi connectivity index (χ4v) is 2.22. The maximum Gasteiger partial charge on any atom is 0.222 e. The summed E-state index contributed by atoms with van der Waals surface area (Å²) in [4.78, 5) is 14.0. The number of nitrogens with one attached hydrogen (secondary N) is 1. The van der Waals surface area contributed by atoms with Gasteiger partial charge >= 0.3 is 0 Å². The average molecular weight is 226 g/mol. The number of carbonyl (C=O) groups excluding carboxylic acids is 1. The van der Waals surface area contributed by atoms with Crippen LogP contribution in [0.2, 0.25) is 0 Å². The summed E-state index contributed by atoms with van der Waals surface area (Å²) in [6.45, 7) is 7.22. The van der Waals surface area contributed by atoms with Gasteiger partial charge in [-0.1, -0.05) is 20.3 Å². The highest BCUT2D eigenvalue weighted by atomic mass is 16.2. The molecule has 1 N–H and O–H groups in total. The number of hydrogen-bond donors (Lipinski definition) is 1. The Morgan fingerprint density at radius 3 is 2.75 bits per heavy atom. The number of nitrogens with zero attached hydrogens (tertiary/aromatic N) is 1. The molecule has 1 rings (SSSR count). The van der Waals surface area contributed by atoms with Crippen LogP contribution in [0.5, 0.6) is 0 Å². The average Bonchev–Trinajstić information content (AvgIpc) is 2.77. The maximum absolute atomic E-state index is 11.9. The monoisotopic (exact) mass is 226 g/mol. The first-order valence-electron chi connectivity index (χ1n) is 6.79. The molecule has 1 heterocycles. The summed E-state index contributed by atoms with van der Waals surface area (Å²) in [6.07, 6.45) is 6.43. The van der Waals surface area contributed by atoms with Gasteiger partial charge in [-0.3, -0.25) is 4.79 Å². The molecule has 0 radical (unpaired) electrons. The molecule has 0 spiro atoms. The standard InChI is InChI=1S/C13H26N2O/c1-3-5-10-15(13(16)7-4-2)11-12-8-6-9-14-12/h12,14H,3-11H2,1-2H3. The van der Waals surface area contributed by atoms with Gasteiger partial charge in [0, 0.05) is 25.6 Å². The van der Waals surface area contributed by atoms with Crippen molar-refractivity contribution in [3.8, 4) is 0 Å². The van der Waals surface area contributed by atoms with Crippen LogP contribution in [0.15, 0.2) is 0 Å².